The van der Waals surface area contributed by atoms with Crippen LogP contribution in [0.15, 0.2) is 70.0 Å². The highest BCUT2D eigenvalue weighted by Gasteiger charge is 2.63. The van der Waals surface area contributed by atoms with Crippen LogP contribution in [-0.4, -0.2) is 67.3 Å². The van der Waals surface area contributed by atoms with E-state index in [4.69, 9.17) is 0 Å². The molecule has 1 aliphatic carbocycles. The lowest BCUT2D eigenvalue weighted by Crippen LogP contribution is -2.60. The SMILES string of the molecule is CCN1c2ccc(S(=O)(=O)O)cc2C(C)(C)C12CC=CC=C2C1=[N+](CCCNC(C)=O)c2ccc(S(=O)(=O)O)cc2C1(C)C. The van der Waals surface area contributed by atoms with E-state index in [1.807, 2.05) is 19.9 Å². The zero-order valence-corrected chi connectivity index (χ0v) is 27.5. The van der Waals surface area contributed by atoms with Crippen molar-refractivity contribution in [3.8, 4) is 0 Å². The van der Waals surface area contributed by atoms with Gasteiger partial charge >= 0.3 is 0 Å². The monoisotopic (exact) mass is 642 g/mol. The van der Waals surface area contributed by atoms with Crippen molar-refractivity contribution < 1.29 is 35.3 Å². The minimum atomic E-state index is -4.45. The first-order chi connectivity index (χ1) is 20.4. The van der Waals surface area contributed by atoms with Gasteiger partial charge in [-0.25, -0.2) is 0 Å². The Hall–Kier alpha value is -3.32. The highest BCUT2D eigenvalue weighted by Crippen LogP contribution is 2.59. The Kier molecular flexibility index (Phi) is 7.76. The number of benzene rings is 2. The predicted octanol–water partition coefficient (Wildman–Crippen LogP) is 4.53. The van der Waals surface area contributed by atoms with Crippen molar-refractivity contribution in [1.82, 2.24) is 5.32 Å². The largest absolute Gasteiger partial charge is 0.360 e. The van der Waals surface area contributed by atoms with Crippen molar-refractivity contribution in [2.24, 2.45) is 0 Å². The second-order valence-electron chi connectivity index (χ2n) is 12.7. The first-order valence-electron chi connectivity index (χ1n) is 14.7. The zero-order chi connectivity index (χ0) is 32.5. The average molecular weight is 643 g/mol. The summed E-state index contributed by atoms with van der Waals surface area (Å²) in [5.41, 5.74) is 3.18. The minimum Gasteiger partial charge on any atom is -0.360 e. The summed E-state index contributed by atoms with van der Waals surface area (Å²) in [5, 5.41) is 2.85. The van der Waals surface area contributed by atoms with Gasteiger partial charge in [0.15, 0.2) is 12.3 Å². The molecular formula is C32H40N3O7S2+. The Bertz CT molecular complexity index is 1870. The Morgan fingerprint density at radius 3 is 2.18 bits per heavy atom. The molecule has 0 saturated heterocycles. The number of carbonyl (C=O) groups excluding carboxylic acids is 1. The third kappa shape index (κ3) is 4.83. The van der Waals surface area contributed by atoms with Gasteiger partial charge in [-0.3, -0.25) is 13.9 Å². The van der Waals surface area contributed by atoms with Crippen LogP contribution in [0.3, 0.4) is 0 Å². The first kappa shape index (κ1) is 32.1. The molecule has 3 aliphatic rings. The molecule has 1 unspecified atom stereocenters. The van der Waals surface area contributed by atoms with E-state index in [2.05, 4.69) is 47.7 Å². The van der Waals surface area contributed by atoms with E-state index in [9.17, 15) is 30.7 Å². The Balaban J connectivity index is 1.76. The smallest absolute Gasteiger partial charge is 0.294 e. The molecule has 3 N–H and O–H groups in total. The number of carbonyl (C=O) groups is 1. The molecule has 1 spiro atoms. The van der Waals surface area contributed by atoms with Gasteiger partial charge in [0.25, 0.3) is 20.2 Å². The number of hydrogen-bond acceptors (Lipinski definition) is 6. The van der Waals surface area contributed by atoms with E-state index >= 15 is 0 Å². The highest BCUT2D eigenvalue weighted by atomic mass is 32.2. The van der Waals surface area contributed by atoms with Gasteiger partial charge in [0.05, 0.1) is 20.7 Å². The summed E-state index contributed by atoms with van der Waals surface area (Å²) in [6.07, 6.45) is 7.45. The molecular weight excluding hydrogens is 603 g/mol. The molecule has 0 fully saturated rings. The summed E-state index contributed by atoms with van der Waals surface area (Å²) in [7, 11) is -8.88. The molecule has 1 atom stereocenters. The molecule has 5 rings (SSSR count). The normalized spacial score (nSPS) is 21.8. The van der Waals surface area contributed by atoms with Crippen molar-refractivity contribution in [3.63, 3.8) is 0 Å². The van der Waals surface area contributed by atoms with E-state index < -0.39 is 36.6 Å². The lowest BCUT2D eigenvalue weighted by atomic mass is 9.60. The quantitative estimate of drug-likeness (QED) is 0.217. The highest BCUT2D eigenvalue weighted by molar-refractivity contribution is 7.86. The van der Waals surface area contributed by atoms with Gasteiger partial charge in [0.1, 0.15) is 0 Å². The zero-order valence-electron chi connectivity index (χ0n) is 25.9. The number of nitrogens with zero attached hydrogens (tertiary/aromatic N) is 2. The summed E-state index contributed by atoms with van der Waals surface area (Å²) in [6.45, 7) is 13.4. The molecule has 12 heteroatoms. The lowest BCUT2D eigenvalue weighted by Gasteiger charge is -2.50. The predicted molar refractivity (Wildman–Crippen MR) is 169 cm³/mol. The summed E-state index contributed by atoms with van der Waals surface area (Å²) in [6, 6.07) is 9.43. The molecule has 0 bridgehead atoms. The van der Waals surface area contributed by atoms with Gasteiger partial charge < -0.3 is 10.2 Å². The summed E-state index contributed by atoms with van der Waals surface area (Å²) in [4.78, 5) is 13.6. The first-order valence-corrected chi connectivity index (χ1v) is 17.6. The van der Waals surface area contributed by atoms with E-state index in [0.717, 1.165) is 33.8 Å². The number of fused-ring (bicyclic) bond motifs is 2. The number of allylic oxidation sites excluding steroid dienone is 2. The molecule has 236 valence electrons. The van der Waals surface area contributed by atoms with Crippen molar-refractivity contribution in [1.29, 1.82) is 0 Å². The van der Waals surface area contributed by atoms with Crippen LogP contribution in [-0.2, 0) is 35.9 Å². The lowest BCUT2D eigenvalue weighted by molar-refractivity contribution is -0.438. The maximum Gasteiger partial charge on any atom is 0.294 e. The van der Waals surface area contributed by atoms with Crippen molar-refractivity contribution >= 4 is 43.2 Å². The van der Waals surface area contributed by atoms with Crippen molar-refractivity contribution in [2.75, 3.05) is 24.5 Å². The van der Waals surface area contributed by atoms with Gasteiger partial charge in [-0.05, 0) is 63.1 Å². The third-order valence-corrected chi connectivity index (χ3v) is 11.3. The number of nitrogens with one attached hydrogen (secondary N) is 1. The van der Waals surface area contributed by atoms with E-state index in [-0.39, 0.29) is 15.7 Å². The van der Waals surface area contributed by atoms with Crippen LogP contribution in [0.1, 0.15) is 65.5 Å². The molecule has 2 heterocycles. The number of hydrogen-bond donors (Lipinski definition) is 3. The molecule has 0 aromatic heterocycles. The third-order valence-electron chi connectivity index (χ3n) is 9.58. The maximum atomic E-state index is 12.2. The van der Waals surface area contributed by atoms with Gasteiger partial charge in [0, 0.05) is 54.7 Å². The minimum absolute atomic E-state index is 0.124. The maximum absolute atomic E-state index is 12.2. The van der Waals surface area contributed by atoms with Crippen LogP contribution in [0.2, 0.25) is 0 Å². The number of likely N-dealkylation sites (N-methyl/N-ethyl adjacent to an activating group) is 1. The summed E-state index contributed by atoms with van der Waals surface area (Å²) < 4.78 is 70.7. The molecule has 1 amide bonds. The number of amides is 1. The Labute approximate surface area is 259 Å². The van der Waals surface area contributed by atoms with E-state index in [1.54, 1.807) is 18.2 Å². The fourth-order valence-corrected chi connectivity index (χ4v) is 8.62. The fourth-order valence-electron chi connectivity index (χ4n) is 7.60. The topological polar surface area (TPSA) is 144 Å². The van der Waals surface area contributed by atoms with Gasteiger partial charge in [-0.15, -0.1) is 0 Å². The fraction of sp³-hybridized carbons (Fsp3) is 0.438. The molecule has 2 aliphatic heterocycles. The molecule has 44 heavy (non-hydrogen) atoms. The van der Waals surface area contributed by atoms with E-state index in [0.29, 0.717) is 32.5 Å². The molecule has 0 radical (unpaired) electrons. The second-order valence-corrected chi connectivity index (χ2v) is 15.6. The van der Waals surface area contributed by atoms with Gasteiger partial charge in [-0.1, -0.05) is 32.1 Å². The number of anilines is 1. The van der Waals surface area contributed by atoms with Crippen molar-refractivity contribution in [3.05, 3.63) is 71.3 Å². The van der Waals surface area contributed by atoms with Gasteiger partial charge in [-0.2, -0.15) is 21.4 Å². The van der Waals surface area contributed by atoms with Crippen molar-refractivity contribution in [2.45, 2.75) is 80.5 Å². The Morgan fingerprint density at radius 1 is 0.977 bits per heavy atom. The average Bonchev–Trinajstić information content (AvgIpc) is 3.26. The van der Waals surface area contributed by atoms with Crippen LogP contribution >= 0.6 is 0 Å². The Morgan fingerprint density at radius 2 is 1.59 bits per heavy atom. The van der Waals surface area contributed by atoms with Crippen LogP contribution in [0.25, 0.3) is 0 Å². The molecule has 2 aromatic carbocycles. The van der Waals surface area contributed by atoms with Crippen LogP contribution < -0.4 is 10.2 Å². The van der Waals surface area contributed by atoms with Crippen LogP contribution in [0.4, 0.5) is 11.4 Å². The second kappa shape index (κ2) is 10.6. The standard InChI is InChI=1S/C32H39N3O7S2/c1-7-35-28-15-13-23(44(40,41)42)20-26(28)31(5,6)32(35)16-9-8-11-24(32)29-30(3,4)25-19-22(43(37,38)39)12-14-27(25)34(29)18-10-17-33-21(2)36/h8-9,11-15,19-20H,7,10,16-18H2,1-6H3,(H2-,33,36,37,38,39,40,41,42)/p+1. The van der Waals surface area contributed by atoms with Gasteiger partial charge in [0.2, 0.25) is 11.6 Å². The summed E-state index contributed by atoms with van der Waals surface area (Å²) in [5.74, 6) is -0.124. The van der Waals surface area contributed by atoms with Crippen LogP contribution in [0.5, 0.6) is 0 Å². The van der Waals surface area contributed by atoms with E-state index in [1.165, 1.54) is 25.1 Å². The molecule has 2 aromatic rings. The summed E-state index contributed by atoms with van der Waals surface area (Å²) >= 11 is 0. The molecule has 0 saturated carbocycles. The molecule has 10 nitrogen and oxygen atoms in total. The van der Waals surface area contributed by atoms with Crippen LogP contribution in [0, 0.1) is 0 Å². The number of rotatable bonds is 8.